The van der Waals surface area contributed by atoms with Crippen LogP contribution in [0.5, 0.6) is 0 Å². The maximum atomic E-state index is 10.9. The SMILES string of the molecule is CCC(CC)C(C)Nc1cc(Cl)ccc1[N+](=O)[O-]. The predicted octanol–water partition coefficient (Wildman–Crippen LogP) is 4.48. The van der Waals surface area contributed by atoms with Crippen LogP contribution in [0.4, 0.5) is 11.4 Å². The van der Waals surface area contributed by atoms with Crippen molar-refractivity contribution in [3.63, 3.8) is 0 Å². The van der Waals surface area contributed by atoms with Gasteiger partial charge in [0.05, 0.1) is 4.92 Å². The number of nitrogens with one attached hydrogen (secondary N) is 1. The summed E-state index contributed by atoms with van der Waals surface area (Å²) < 4.78 is 0. The van der Waals surface area contributed by atoms with Crippen molar-refractivity contribution >= 4 is 23.0 Å². The fourth-order valence-corrected chi connectivity index (χ4v) is 2.31. The predicted molar refractivity (Wildman–Crippen MR) is 75.3 cm³/mol. The van der Waals surface area contributed by atoms with Crippen molar-refractivity contribution in [3.8, 4) is 0 Å². The summed E-state index contributed by atoms with van der Waals surface area (Å²) in [4.78, 5) is 10.6. The highest BCUT2D eigenvalue weighted by Gasteiger charge is 2.19. The Hall–Kier alpha value is -1.29. The standard InChI is InChI=1S/C13H19ClN2O2/c1-4-10(5-2)9(3)15-12-8-11(14)6-7-13(12)16(17)18/h6-10,15H,4-5H2,1-3H3. The van der Waals surface area contributed by atoms with E-state index < -0.39 is 4.92 Å². The van der Waals surface area contributed by atoms with E-state index in [2.05, 4.69) is 19.2 Å². The molecule has 1 aromatic carbocycles. The van der Waals surface area contributed by atoms with Gasteiger partial charge in [0.1, 0.15) is 5.69 Å². The van der Waals surface area contributed by atoms with Crippen LogP contribution in [0, 0.1) is 16.0 Å². The molecule has 0 aliphatic carbocycles. The topological polar surface area (TPSA) is 55.2 Å². The molecule has 0 aromatic heterocycles. The van der Waals surface area contributed by atoms with Gasteiger partial charge in [0.15, 0.2) is 0 Å². The Morgan fingerprint density at radius 3 is 2.50 bits per heavy atom. The van der Waals surface area contributed by atoms with Crippen LogP contribution >= 0.6 is 11.6 Å². The molecular formula is C13H19ClN2O2. The van der Waals surface area contributed by atoms with E-state index in [1.54, 1.807) is 6.07 Å². The number of benzene rings is 1. The van der Waals surface area contributed by atoms with Crippen LogP contribution in [0.2, 0.25) is 5.02 Å². The van der Waals surface area contributed by atoms with Crippen LogP contribution in [0.1, 0.15) is 33.6 Å². The highest BCUT2D eigenvalue weighted by Crippen LogP contribution is 2.29. The lowest BCUT2D eigenvalue weighted by Crippen LogP contribution is -2.25. The first-order chi connectivity index (χ1) is 8.49. The second-order valence-electron chi connectivity index (χ2n) is 4.43. The molecule has 1 N–H and O–H groups in total. The van der Waals surface area contributed by atoms with E-state index >= 15 is 0 Å². The second kappa shape index (κ2) is 6.59. The van der Waals surface area contributed by atoms with Crippen molar-refractivity contribution in [2.24, 2.45) is 5.92 Å². The Bertz CT molecular complexity index is 419. The smallest absolute Gasteiger partial charge is 0.292 e. The zero-order chi connectivity index (χ0) is 13.7. The second-order valence-corrected chi connectivity index (χ2v) is 4.86. The molecule has 1 unspecified atom stereocenters. The number of nitro benzene ring substituents is 1. The summed E-state index contributed by atoms with van der Waals surface area (Å²) in [6.45, 7) is 6.29. The number of hydrogen-bond donors (Lipinski definition) is 1. The van der Waals surface area contributed by atoms with Crippen LogP contribution in [-0.2, 0) is 0 Å². The third-order valence-corrected chi connectivity index (χ3v) is 3.53. The van der Waals surface area contributed by atoms with Gasteiger partial charge < -0.3 is 5.32 Å². The Balaban J connectivity index is 2.95. The van der Waals surface area contributed by atoms with Gasteiger partial charge in [0.2, 0.25) is 0 Å². The van der Waals surface area contributed by atoms with Crippen molar-refractivity contribution in [1.29, 1.82) is 0 Å². The zero-order valence-electron chi connectivity index (χ0n) is 10.9. The molecule has 1 atom stereocenters. The molecular weight excluding hydrogens is 252 g/mol. The molecule has 0 fully saturated rings. The van der Waals surface area contributed by atoms with Crippen molar-refractivity contribution in [3.05, 3.63) is 33.3 Å². The van der Waals surface area contributed by atoms with E-state index in [0.29, 0.717) is 16.6 Å². The van der Waals surface area contributed by atoms with Gasteiger partial charge in [-0.1, -0.05) is 38.3 Å². The first kappa shape index (κ1) is 14.8. The Morgan fingerprint density at radius 2 is 2.00 bits per heavy atom. The van der Waals surface area contributed by atoms with Gasteiger partial charge in [-0.15, -0.1) is 0 Å². The molecule has 18 heavy (non-hydrogen) atoms. The quantitative estimate of drug-likeness (QED) is 0.612. The van der Waals surface area contributed by atoms with Crippen molar-refractivity contribution in [1.82, 2.24) is 0 Å². The van der Waals surface area contributed by atoms with E-state index in [9.17, 15) is 10.1 Å². The molecule has 4 nitrogen and oxygen atoms in total. The maximum absolute atomic E-state index is 10.9. The minimum atomic E-state index is -0.391. The molecule has 0 aliphatic rings. The van der Waals surface area contributed by atoms with E-state index in [1.165, 1.54) is 12.1 Å². The van der Waals surface area contributed by atoms with E-state index in [1.807, 2.05) is 6.92 Å². The summed E-state index contributed by atoms with van der Waals surface area (Å²) in [5, 5.41) is 14.7. The number of nitro groups is 1. The van der Waals surface area contributed by atoms with Gasteiger partial charge in [0.25, 0.3) is 5.69 Å². The highest BCUT2D eigenvalue weighted by molar-refractivity contribution is 6.31. The van der Waals surface area contributed by atoms with Crippen LogP contribution < -0.4 is 5.32 Å². The molecule has 0 saturated carbocycles. The Labute approximate surface area is 112 Å². The number of anilines is 1. The molecule has 0 bridgehead atoms. The Kier molecular flexibility index (Phi) is 5.41. The number of halogens is 1. The fourth-order valence-electron chi connectivity index (χ4n) is 2.14. The molecule has 0 saturated heterocycles. The van der Waals surface area contributed by atoms with Crippen molar-refractivity contribution < 1.29 is 4.92 Å². The molecule has 100 valence electrons. The largest absolute Gasteiger partial charge is 0.377 e. The third-order valence-electron chi connectivity index (χ3n) is 3.29. The lowest BCUT2D eigenvalue weighted by atomic mass is 9.95. The van der Waals surface area contributed by atoms with E-state index in [0.717, 1.165) is 12.8 Å². The van der Waals surface area contributed by atoms with Crippen molar-refractivity contribution in [2.75, 3.05) is 5.32 Å². The first-order valence-electron chi connectivity index (χ1n) is 6.20. The summed E-state index contributed by atoms with van der Waals surface area (Å²) in [5.74, 6) is 0.489. The summed E-state index contributed by atoms with van der Waals surface area (Å²) >= 11 is 5.89. The van der Waals surface area contributed by atoms with Crippen LogP contribution in [0.25, 0.3) is 0 Å². The zero-order valence-corrected chi connectivity index (χ0v) is 11.7. The molecule has 1 rings (SSSR count). The van der Waals surface area contributed by atoms with Gasteiger partial charge in [-0.25, -0.2) is 0 Å². The fraction of sp³-hybridized carbons (Fsp3) is 0.538. The summed E-state index contributed by atoms with van der Waals surface area (Å²) in [6.07, 6.45) is 2.08. The third kappa shape index (κ3) is 3.60. The maximum Gasteiger partial charge on any atom is 0.292 e. The van der Waals surface area contributed by atoms with Gasteiger partial charge in [-0.05, 0) is 25.0 Å². The monoisotopic (exact) mass is 270 g/mol. The van der Waals surface area contributed by atoms with Gasteiger partial charge in [-0.3, -0.25) is 10.1 Å². The highest BCUT2D eigenvalue weighted by atomic mass is 35.5. The van der Waals surface area contributed by atoms with Crippen LogP contribution in [0.3, 0.4) is 0 Å². The molecule has 0 spiro atoms. The van der Waals surface area contributed by atoms with Crippen LogP contribution in [0.15, 0.2) is 18.2 Å². The average molecular weight is 271 g/mol. The van der Waals surface area contributed by atoms with E-state index in [4.69, 9.17) is 11.6 Å². The first-order valence-corrected chi connectivity index (χ1v) is 6.57. The Morgan fingerprint density at radius 1 is 1.39 bits per heavy atom. The minimum Gasteiger partial charge on any atom is -0.377 e. The van der Waals surface area contributed by atoms with Gasteiger partial charge in [0, 0.05) is 17.1 Å². The van der Waals surface area contributed by atoms with Gasteiger partial charge >= 0.3 is 0 Å². The van der Waals surface area contributed by atoms with Gasteiger partial charge in [-0.2, -0.15) is 0 Å². The van der Waals surface area contributed by atoms with Crippen LogP contribution in [-0.4, -0.2) is 11.0 Å². The normalized spacial score (nSPS) is 12.5. The summed E-state index contributed by atoms with van der Waals surface area (Å²) in [7, 11) is 0. The molecule has 0 amide bonds. The minimum absolute atomic E-state index is 0.0669. The summed E-state index contributed by atoms with van der Waals surface area (Å²) in [5.41, 5.74) is 0.559. The molecule has 0 aliphatic heterocycles. The van der Waals surface area contributed by atoms with Crippen molar-refractivity contribution in [2.45, 2.75) is 39.7 Å². The lowest BCUT2D eigenvalue weighted by molar-refractivity contribution is -0.384. The molecule has 5 heteroatoms. The molecule has 0 radical (unpaired) electrons. The summed E-state index contributed by atoms with van der Waals surface area (Å²) in [6, 6.07) is 4.76. The number of hydrogen-bond acceptors (Lipinski definition) is 3. The average Bonchev–Trinajstić information content (AvgIpc) is 2.30. The van der Waals surface area contributed by atoms with E-state index in [-0.39, 0.29) is 11.7 Å². The number of nitrogens with zero attached hydrogens (tertiary/aromatic N) is 1. The lowest BCUT2D eigenvalue weighted by Gasteiger charge is -2.23. The number of rotatable bonds is 6. The molecule has 1 aromatic rings. The molecule has 0 heterocycles.